The third-order valence-corrected chi connectivity index (χ3v) is 5.92. The summed E-state index contributed by atoms with van der Waals surface area (Å²) in [5.41, 5.74) is 1.81. The van der Waals surface area contributed by atoms with Crippen molar-refractivity contribution in [2.24, 2.45) is 0 Å². The Hall–Kier alpha value is -2.84. The Balaban J connectivity index is 1.71. The predicted octanol–water partition coefficient (Wildman–Crippen LogP) is 3.46. The highest BCUT2D eigenvalue weighted by Crippen LogP contribution is 2.30. The van der Waals surface area contributed by atoms with Gasteiger partial charge in [-0.25, -0.2) is 13.4 Å². The van der Waals surface area contributed by atoms with E-state index in [1.54, 1.807) is 30.5 Å². The van der Waals surface area contributed by atoms with Crippen LogP contribution in [0.25, 0.3) is 27.1 Å². The van der Waals surface area contributed by atoms with Gasteiger partial charge in [0, 0.05) is 29.9 Å². The Kier molecular flexibility index (Phi) is 4.14. The first-order chi connectivity index (χ1) is 12.5. The van der Waals surface area contributed by atoms with Crippen LogP contribution < -0.4 is 0 Å². The largest absolute Gasteiger partial charge is 0.298 e. The smallest absolute Gasteiger partial charge is 0.184 e. The summed E-state index contributed by atoms with van der Waals surface area (Å²) in [7, 11) is -3.22. The van der Waals surface area contributed by atoms with E-state index in [0.717, 1.165) is 16.3 Å². The van der Waals surface area contributed by atoms with Gasteiger partial charge < -0.3 is 0 Å². The van der Waals surface area contributed by atoms with Crippen LogP contribution in [0.3, 0.4) is 0 Å². The molecule has 0 unspecified atom stereocenters. The average molecular weight is 382 g/mol. The molecule has 2 aromatic carbocycles. The van der Waals surface area contributed by atoms with Crippen molar-refractivity contribution in [2.75, 3.05) is 6.26 Å². The summed E-state index contributed by atoms with van der Waals surface area (Å²) < 4.78 is 25.1. The van der Waals surface area contributed by atoms with E-state index in [-0.39, 0.29) is 4.90 Å². The first-order valence-electron chi connectivity index (χ1n) is 7.75. The fourth-order valence-corrected chi connectivity index (χ4v) is 4.01. The molecule has 0 aliphatic heterocycles. The molecule has 2 aromatic heterocycles. The number of hydrogen-bond acceptors (Lipinski definition) is 6. The summed E-state index contributed by atoms with van der Waals surface area (Å²) in [4.78, 5) is 4.68. The molecule has 0 amide bonds. The van der Waals surface area contributed by atoms with E-state index in [1.807, 2.05) is 41.1 Å². The summed E-state index contributed by atoms with van der Waals surface area (Å²) in [5, 5.41) is 10.0. The lowest BCUT2D eigenvalue weighted by Gasteiger charge is -2.06. The van der Waals surface area contributed by atoms with Crippen LogP contribution in [0.15, 0.2) is 71.9 Å². The fraction of sp³-hybridized carbons (Fsp3) is 0.0556. The summed E-state index contributed by atoms with van der Waals surface area (Å²) in [5.74, 6) is 0.664. The fourth-order valence-electron chi connectivity index (χ4n) is 2.53. The first-order valence-corrected chi connectivity index (χ1v) is 10.5. The van der Waals surface area contributed by atoms with Crippen LogP contribution in [0.4, 0.5) is 0 Å². The van der Waals surface area contributed by atoms with Gasteiger partial charge in [-0.2, -0.15) is 0 Å². The van der Waals surface area contributed by atoms with E-state index in [0.29, 0.717) is 10.8 Å². The minimum absolute atomic E-state index is 0.283. The molecule has 2 heterocycles. The lowest BCUT2D eigenvalue weighted by atomic mass is 10.2. The van der Waals surface area contributed by atoms with E-state index in [4.69, 9.17) is 0 Å². The molecule has 0 radical (unpaired) electrons. The third kappa shape index (κ3) is 3.16. The highest BCUT2D eigenvalue weighted by atomic mass is 32.2. The van der Waals surface area contributed by atoms with Crippen molar-refractivity contribution < 1.29 is 8.42 Å². The number of rotatable bonds is 4. The van der Waals surface area contributed by atoms with Crippen molar-refractivity contribution in [2.45, 2.75) is 4.90 Å². The van der Waals surface area contributed by atoms with Crippen LogP contribution in [0.1, 0.15) is 0 Å². The van der Waals surface area contributed by atoms with Crippen LogP contribution in [0, 0.1) is 0 Å². The van der Waals surface area contributed by atoms with Crippen LogP contribution in [0.5, 0.6) is 0 Å². The number of imidazole rings is 1. The highest BCUT2D eigenvalue weighted by Gasteiger charge is 2.15. The van der Waals surface area contributed by atoms with Gasteiger partial charge in [-0.3, -0.25) is 4.57 Å². The lowest BCUT2D eigenvalue weighted by molar-refractivity contribution is 0.602. The minimum Gasteiger partial charge on any atom is -0.298 e. The van der Waals surface area contributed by atoms with E-state index in [2.05, 4.69) is 15.2 Å². The molecule has 26 heavy (non-hydrogen) atoms. The van der Waals surface area contributed by atoms with Crippen molar-refractivity contribution in [3.63, 3.8) is 0 Å². The van der Waals surface area contributed by atoms with E-state index in [1.165, 1.54) is 17.6 Å². The molecule has 0 fully saturated rings. The van der Waals surface area contributed by atoms with Crippen molar-refractivity contribution in [1.82, 2.24) is 19.7 Å². The van der Waals surface area contributed by atoms with Crippen LogP contribution in [-0.2, 0) is 9.84 Å². The van der Waals surface area contributed by atoms with E-state index < -0.39 is 9.84 Å². The molecule has 4 aromatic rings. The summed E-state index contributed by atoms with van der Waals surface area (Å²) in [6.07, 6.45) is 4.69. The maximum atomic E-state index is 11.6. The lowest BCUT2D eigenvalue weighted by Crippen LogP contribution is -1.99. The van der Waals surface area contributed by atoms with Gasteiger partial charge >= 0.3 is 0 Å². The normalized spacial score (nSPS) is 11.6. The monoisotopic (exact) mass is 382 g/mol. The van der Waals surface area contributed by atoms with Crippen molar-refractivity contribution in [3.05, 3.63) is 67.0 Å². The number of benzene rings is 2. The van der Waals surface area contributed by atoms with Gasteiger partial charge in [0.15, 0.2) is 20.7 Å². The second-order valence-electron chi connectivity index (χ2n) is 5.67. The molecule has 0 spiro atoms. The summed E-state index contributed by atoms with van der Waals surface area (Å²) in [6, 6.07) is 16.5. The van der Waals surface area contributed by atoms with Gasteiger partial charge in [0.25, 0.3) is 0 Å². The van der Waals surface area contributed by atoms with Gasteiger partial charge in [0.2, 0.25) is 0 Å². The maximum absolute atomic E-state index is 11.6. The van der Waals surface area contributed by atoms with E-state index >= 15 is 0 Å². The van der Waals surface area contributed by atoms with Crippen LogP contribution >= 0.6 is 11.3 Å². The Morgan fingerprint density at radius 3 is 2.31 bits per heavy atom. The average Bonchev–Trinajstić information content (AvgIpc) is 3.31. The van der Waals surface area contributed by atoms with Crippen molar-refractivity contribution >= 4 is 21.2 Å². The second kappa shape index (κ2) is 6.47. The standard InChI is InChI=1S/C18H14N4O2S2/c1-26(23,24)15-9-7-14(8-10-15)22-12-11-19-16(22)18-21-20-17(25-18)13-5-3-2-4-6-13/h2-12H,1H3. The maximum Gasteiger partial charge on any atom is 0.184 e. The minimum atomic E-state index is -3.22. The zero-order valence-electron chi connectivity index (χ0n) is 13.8. The molecule has 0 aliphatic rings. The summed E-state index contributed by atoms with van der Waals surface area (Å²) >= 11 is 1.46. The third-order valence-electron chi connectivity index (χ3n) is 3.82. The molecule has 0 bridgehead atoms. The SMILES string of the molecule is CS(=O)(=O)c1ccc(-n2ccnc2-c2nnc(-c3ccccc3)s2)cc1. The Labute approximate surface area is 154 Å². The summed E-state index contributed by atoms with van der Waals surface area (Å²) in [6.45, 7) is 0. The van der Waals surface area contributed by atoms with Gasteiger partial charge in [0.1, 0.15) is 5.01 Å². The van der Waals surface area contributed by atoms with Gasteiger partial charge in [0.05, 0.1) is 4.90 Å². The number of nitrogens with zero attached hydrogens (tertiary/aromatic N) is 4. The predicted molar refractivity (Wildman–Crippen MR) is 101 cm³/mol. The molecule has 6 nitrogen and oxygen atoms in total. The number of hydrogen-bond donors (Lipinski definition) is 0. The van der Waals surface area contributed by atoms with Gasteiger partial charge in [-0.1, -0.05) is 41.7 Å². The molecule has 0 saturated heterocycles. The molecular weight excluding hydrogens is 368 g/mol. The molecule has 0 N–H and O–H groups in total. The molecule has 4 rings (SSSR count). The zero-order chi connectivity index (χ0) is 18.1. The molecule has 130 valence electrons. The Morgan fingerprint density at radius 2 is 1.62 bits per heavy atom. The molecular formula is C18H14N4O2S2. The van der Waals surface area contributed by atoms with Crippen LogP contribution in [-0.4, -0.2) is 34.4 Å². The van der Waals surface area contributed by atoms with Gasteiger partial charge in [-0.15, -0.1) is 10.2 Å². The Bertz CT molecular complexity index is 1150. The number of sulfone groups is 1. The second-order valence-corrected chi connectivity index (χ2v) is 8.66. The quantitative estimate of drug-likeness (QED) is 0.540. The van der Waals surface area contributed by atoms with Crippen LogP contribution in [0.2, 0.25) is 0 Å². The number of aromatic nitrogens is 4. The molecule has 0 aliphatic carbocycles. The molecule has 0 atom stereocenters. The molecule has 8 heteroatoms. The Morgan fingerprint density at radius 1 is 0.923 bits per heavy atom. The topological polar surface area (TPSA) is 77.7 Å². The van der Waals surface area contributed by atoms with Gasteiger partial charge in [-0.05, 0) is 24.3 Å². The van der Waals surface area contributed by atoms with Crippen molar-refractivity contribution in [3.8, 4) is 27.1 Å². The first kappa shape index (κ1) is 16.6. The van der Waals surface area contributed by atoms with E-state index in [9.17, 15) is 8.42 Å². The molecule has 0 saturated carbocycles. The van der Waals surface area contributed by atoms with Crippen molar-refractivity contribution in [1.29, 1.82) is 0 Å². The zero-order valence-corrected chi connectivity index (χ0v) is 15.4. The highest BCUT2D eigenvalue weighted by molar-refractivity contribution is 7.90.